The highest BCUT2D eigenvalue weighted by Gasteiger charge is 2.68. The molecule has 0 aromatic rings. The van der Waals surface area contributed by atoms with Gasteiger partial charge in [0.25, 0.3) is 0 Å². The zero-order valence-electron chi connectivity index (χ0n) is 8.91. The molecule has 0 bridgehead atoms. The van der Waals surface area contributed by atoms with Crippen molar-refractivity contribution in [2.75, 3.05) is 13.1 Å². The summed E-state index contributed by atoms with van der Waals surface area (Å²) in [6.45, 7) is 1.22. The molecule has 3 aliphatic rings. The number of nitrogens with two attached hydrogens (primary N) is 1. The monoisotopic (exact) mass is 210 g/mol. The van der Waals surface area contributed by atoms with Crippen LogP contribution in [-0.4, -0.2) is 40.6 Å². The second kappa shape index (κ2) is 2.74. The van der Waals surface area contributed by atoms with Crippen molar-refractivity contribution < 1.29 is 9.90 Å². The number of hydrogen-bond donors (Lipinski definition) is 2. The summed E-state index contributed by atoms with van der Waals surface area (Å²) in [4.78, 5) is 14.1. The first-order valence-corrected chi connectivity index (χ1v) is 5.84. The maximum Gasteiger partial charge on any atom is 0.230 e. The highest BCUT2D eigenvalue weighted by atomic mass is 16.3. The van der Waals surface area contributed by atoms with Crippen LogP contribution in [0.5, 0.6) is 0 Å². The minimum atomic E-state index is -0.322. The van der Waals surface area contributed by atoms with E-state index in [2.05, 4.69) is 0 Å². The number of hydrogen-bond acceptors (Lipinski definition) is 3. The van der Waals surface area contributed by atoms with E-state index >= 15 is 0 Å². The van der Waals surface area contributed by atoms with E-state index < -0.39 is 0 Å². The molecule has 1 saturated heterocycles. The summed E-state index contributed by atoms with van der Waals surface area (Å²) in [5.41, 5.74) is 5.74. The van der Waals surface area contributed by atoms with Gasteiger partial charge < -0.3 is 15.7 Å². The third-order valence-corrected chi connectivity index (χ3v) is 4.35. The smallest absolute Gasteiger partial charge is 0.230 e. The van der Waals surface area contributed by atoms with Gasteiger partial charge in [-0.2, -0.15) is 0 Å². The van der Waals surface area contributed by atoms with Gasteiger partial charge in [-0.05, 0) is 32.1 Å². The summed E-state index contributed by atoms with van der Waals surface area (Å²) < 4.78 is 0. The Balaban J connectivity index is 1.75. The summed E-state index contributed by atoms with van der Waals surface area (Å²) in [7, 11) is 0. The van der Waals surface area contributed by atoms with Crippen LogP contribution in [0, 0.1) is 5.41 Å². The van der Waals surface area contributed by atoms with Crippen molar-refractivity contribution in [2.24, 2.45) is 11.1 Å². The number of rotatable bonds is 2. The molecule has 0 radical (unpaired) electrons. The summed E-state index contributed by atoms with van der Waals surface area (Å²) in [5, 5.41) is 9.43. The van der Waals surface area contributed by atoms with Crippen molar-refractivity contribution in [3.8, 4) is 0 Å². The maximum absolute atomic E-state index is 12.3. The van der Waals surface area contributed by atoms with Crippen molar-refractivity contribution in [3.63, 3.8) is 0 Å². The quantitative estimate of drug-likeness (QED) is 0.666. The molecule has 1 atom stereocenters. The van der Waals surface area contributed by atoms with E-state index in [1.807, 2.05) is 4.90 Å². The number of β-amino-alcohol motifs (C(OH)–C–C–N with tert-alkyl or cyclic N) is 1. The third kappa shape index (κ3) is 1.24. The van der Waals surface area contributed by atoms with Gasteiger partial charge >= 0.3 is 0 Å². The van der Waals surface area contributed by atoms with Crippen LogP contribution in [0.25, 0.3) is 0 Å². The maximum atomic E-state index is 12.3. The first-order valence-electron chi connectivity index (χ1n) is 5.84. The van der Waals surface area contributed by atoms with Gasteiger partial charge in [0, 0.05) is 18.6 Å². The molecule has 15 heavy (non-hydrogen) atoms. The van der Waals surface area contributed by atoms with Crippen molar-refractivity contribution >= 4 is 5.91 Å². The van der Waals surface area contributed by atoms with Crippen LogP contribution in [0.2, 0.25) is 0 Å². The van der Waals surface area contributed by atoms with E-state index in [-0.39, 0.29) is 23.0 Å². The van der Waals surface area contributed by atoms with Crippen LogP contribution in [0.15, 0.2) is 0 Å². The van der Waals surface area contributed by atoms with Gasteiger partial charge in [0.15, 0.2) is 0 Å². The Hall–Kier alpha value is -0.610. The van der Waals surface area contributed by atoms with Crippen molar-refractivity contribution in [1.82, 2.24) is 4.90 Å². The summed E-state index contributed by atoms with van der Waals surface area (Å²) >= 11 is 0. The SMILES string of the molecule is NC1(C2(C(=O)N3CCC(O)C3)CC2)CC1. The average molecular weight is 210 g/mol. The first kappa shape index (κ1) is 9.60. The molecule has 3 fully saturated rings. The lowest BCUT2D eigenvalue weighted by molar-refractivity contribution is -0.137. The largest absolute Gasteiger partial charge is 0.391 e. The van der Waals surface area contributed by atoms with E-state index in [4.69, 9.17) is 5.73 Å². The van der Waals surface area contributed by atoms with Gasteiger partial charge in [-0.1, -0.05) is 0 Å². The zero-order valence-corrected chi connectivity index (χ0v) is 8.91. The van der Waals surface area contributed by atoms with Crippen LogP contribution < -0.4 is 5.73 Å². The third-order valence-electron chi connectivity index (χ3n) is 4.35. The Bertz CT molecular complexity index is 308. The zero-order chi connectivity index (χ0) is 10.7. The normalized spacial score (nSPS) is 35.3. The Morgan fingerprint density at radius 1 is 1.33 bits per heavy atom. The molecule has 3 N–H and O–H groups in total. The molecule has 3 rings (SSSR count). The fourth-order valence-electron chi connectivity index (χ4n) is 2.89. The molecule has 1 heterocycles. The lowest BCUT2D eigenvalue weighted by Crippen LogP contribution is -2.47. The fourth-order valence-corrected chi connectivity index (χ4v) is 2.89. The van der Waals surface area contributed by atoms with Crippen molar-refractivity contribution in [3.05, 3.63) is 0 Å². The average Bonchev–Trinajstić information content (AvgIpc) is 3.08. The summed E-state index contributed by atoms with van der Waals surface area (Å²) in [6, 6.07) is 0. The molecule has 1 amide bonds. The molecule has 4 nitrogen and oxygen atoms in total. The topological polar surface area (TPSA) is 66.6 Å². The molecular weight excluding hydrogens is 192 g/mol. The standard InChI is InChI=1S/C11H18N2O2/c12-11(4-5-11)10(2-3-10)9(15)13-6-1-8(14)7-13/h8,14H,1-7,12H2. The van der Waals surface area contributed by atoms with E-state index in [0.717, 1.165) is 32.1 Å². The lowest BCUT2D eigenvalue weighted by atomic mass is 9.93. The van der Waals surface area contributed by atoms with E-state index in [0.29, 0.717) is 13.1 Å². The minimum absolute atomic E-state index is 0.197. The Kier molecular flexibility index (Phi) is 1.75. The molecule has 2 aliphatic carbocycles. The lowest BCUT2D eigenvalue weighted by Gasteiger charge is -2.27. The number of likely N-dealkylation sites (tertiary alicyclic amines) is 1. The first-order chi connectivity index (χ1) is 7.07. The van der Waals surface area contributed by atoms with Gasteiger partial charge in [-0.15, -0.1) is 0 Å². The van der Waals surface area contributed by atoms with Gasteiger partial charge in [-0.25, -0.2) is 0 Å². The Morgan fingerprint density at radius 3 is 2.40 bits per heavy atom. The second-order valence-electron chi connectivity index (χ2n) is 5.43. The van der Waals surface area contributed by atoms with Gasteiger partial charge in [0.1, 0.15) is 0 Å². The predicted octanol–water partition coefficient (Wildman–Crippen LogP) is -0.149. The Morgan fingerprint density at radius 2 is 2.00 bits per heavy atom. The molecule has 2 saturated carbocycles. The molecule has 4 heteroatoms. The Labute approximate surface area is 89.4 Å². The van der Waals surface area contributed by atoms with Crippen molar-refractivity contribution in [1.29, 1.82) is 0 Å². The molecule has 84 valence electrons. The van der Waals surface area contributed by atoms with Crippen LogP contribution in [0.3, 0.4) is 0 Å². The number of carbonyl (C=O) groups is 1. The highest BCUT2D eigenvalue weighted by molar-refractivity contribution is 5.88. The summed E-state index contributed by atoms with van der Waals surface area (Å²) in [6.07, 6.45) is 4.30. The number of aliphatic hydroxyl groups is 1. The molecular formula is C11H18N2O2. The van der Waals surface area contributed by atoms with Gasteiger partial charge in [0.05, 0.1) is 11.5 Å². The van der Waals surface area contributed by atoms with Crippen LogP contribution in [-0.2, 0) is 4.79 Å². The van der Waals surface area contributed by atoms with Crippen LogP contribution in [0.1, 0.15) is 32.1 Å². The van der Waals surface area contributed by atoms with E-state index in [9.17, 15) is 9.90 Å². The summed E-state index contributed by atoms with van der Waals surface area (Å²) in [5.74, 6) is 0.207. The predicted molar refractivity (Wildman–Crippen MR) is 55.0 cm³/mol. The number of carbonyl (C=O) groups excluding carboxylic acids is 1. The molecule has 0 aromatic heterocycles. The number of aliphatic hydroxyl groups excluding tert-OH is 1. The van der Waals surface area contributed by atoms with Gasteiger partial charge in [0.2, 0.25) is 5.91 Å². The molecule has 0 aromatic carbocycles. The van der Waals surface area contributed by atoms with E-state index in [1.54, 1.807) is 0 Å². The van der Waals surface area contributed by atoms with Crippen LogP contribution in [0.4, 0.5) is 0 Å². The molecule has 1 unspecified atom stereocenters. The second-order valence-corrected chi connectivity index (χ2v) is 5.43. The fraction of sp³-hybridized carbons (Fsp3) is 0.909. The van der Waals surface area contributed by atoms with Crippen molar-refractivity contribution in [2.45, 2.75) is 43.7 Å². The molecule has 1 aliphatic heterocycles. The minimum Gasteiger partial charge on any atom is -0.391 e. The van der Waals surface area contributed by atoms with Gasteiger partial charge in [-0.3, -0.25) is 4.79 Å². The number of amides is 1. The number of nitrogens with zero attached hydrogens (tertiary/aromatic N) is 1. The highest BCUT2D eigenvalue weighted by Crippen LogP contribution is 2.63. The molecule has 0 spiro atoms. The van der Waals surface area contributed by atoms with E-state index in [1.165, 1.54) is 0 Å². The van der Waals surface area contributed by atoms with Crippen LogP contribution >= 0.6 is 0 Å².